The van der Waals surface area contributed by atoms with Crippen LogP contribution in [0.1, 0.15) is 34.0 Å². The van der Waals surface area contributed by atoms with Gasteiger partial charge in [-0.1, -0.05) is 152 Å². The zero-order valence-corrected chi connectivity index (χ0v) is 35.7. The average molecular weight is 881 g/mol. The highest BCUT2D eigenvalue weighted by atomic mass is 16.7. The number of imidazole rings is 1. The molecular weight excluding hydrogens is 829 g/mol. The molecule has 0 bridgehead atoms. The van der Waals surface area contributed by atoms with E-state index in [4.69, 9.17) is 33.2 Å². The smallest absolute Gasteiger partial charge is 0.281 e. The van der Waals surface area contributed by atoms with E-state index in [1.807, 2.05) is 152 Å². The second-order valence-electron chi connectivity index (χ2n) is 16.2. The Morgan fingerprint density at radius 3 is 1.62 bits per heavy atom. The molecule has 0 radical (unpaired) electrons. The molecule has 14 nitrogen and oxygen atoms in total. The fraction of sp³-hybridized carbons (Fsp3) is 0.314. The summed E-state index contributed by atoms with van der Waals surface area (Å²) in [7, 11) is 0. The summed E-state index contributed by atoms with van der Waals surface area (Å²) in [5, 5.41) is 22.9. The molecule has 7 aromatic rings. The minimum atomic E-state index is -1.39. The van der Waals surface area contributed by atoms with Gasteiger partial charge in [0.1, 0.15) is 49.1 Å². The van der Waals surface area contributed by atoms with Gasteiger partial charge in [0.05, 0.1) is 52.5 Å². The number of aliphatic hydroxyl groups excluding tert-OH is 2. The van der Waals surface area contributed by atoms with Crippen LogP contribution in [0, 0.1) is 0 Å². The molecular formula is C51H52N4O10. The Balaban J connectivity index is 1.03. The van der Waals surface area contributed by atoms with Gasteiger partial charge in [-0.25, -0.2) is 9.97 Å². The molecule has 65 heavy (non-hydrogen) atoms. The van der Waals surface area contributed by atoms with Gasteiger partial charge in [-0.15, -0.1) is 0 Å². The van der Waals surface area contributed by atoms with Crippen LogP contribution in [0.2, 0.25) is 0 Å². The van der Waals surface area contributed by atoms with Crippen LogP contribution in [-0.2, 0) is 66.1 Å². The lowest BCUT2D eigenvalue weighted by Crippen LogP contribution is -2.63. The van der Waals surface area contributed by atoms with Gasteiger partial charge < -0.3 is 43.4 Å². The van der Waals surface area contributed by atoms with Crippen LogP contribution in [0.5, 0.6) is 0 Å². The first-order valence-electron chi connectivity index (χ1n) is 21.8. The van der Waals surface area contributed by atoms with E-state index < -0.39 is 61.9 Å². The van der Waals surface area contributed by atoms with Gasteiger partial charge in [-0.05, 0) is 27.8 Å². The first-order chi connectivity index (χ1) is 32.0. The Morgan fingerprint density at radius 2 is 1.06 bits per heavy atom. The third-order valence-corrected chi connectivity index (χ3v) is 11.6. The van der Waals surface area contributed by atoms with Crippen LogP contribution >= 0.6 is 0 Å². The molecule has 4 heterocycles. The van der Waals surface area contributed by atoms with Crippen LogP contribution in [0.4, 0.5) is 0 Å². The summed E-state index contributed by atoms with van der Waals surface area (Å²) in [5.41, 5.74) is 4.68. The van der Waals surface area contributed by atoms with Crippen molar-refractivity contribution in [3.05, 3.63) is 202 Å². The number of nitrogens with zero attached hydrogens (tertiary/aromatic N) is 4. The maximum absolute atomic E-state index is 13.6. The first-order valence-corrected chi connectivity index (χ1v) is 21.8. The molecule has 2 aromatic heterocycles. The minimum absolute atomic E-state index is 0.0923. The van der Waals surface area contributed by atoms with E-state index in [1.165, 1.54) is 21.8 Å². The molecule has 0 aliphatic carbocycles. The van der Waals surface area contributed by atoms with E-state index in [0.717, 1.165) is 27.8 Å². The fourth-order valence-electron chi connectivity index (χ4n) is 8.30. The molecule has 2 aliphatic heterocycles. The lowest BCUT2D eigenvalue weighted by molar-refractivity contribution is -0.341. The van der Waals surface area contributed by atoms with Crippen LogP contribution in [0.25, 0.3) is 11.2 Å². The number of benzene rings is 5. The lowest BCUT2D eigenvalue weighted by Gasteiger charge is -2.46. The SMILES string of the molecule is O=c1c2ncn([C@@H]3O[C@H](CO)[C@@H](O[C@@H]4O[C@H](COCc5ccccc5)[C@@H](OCc5ccccc5)[C@H](OCc5ccccc5)[C@H]4OCc4ccccc4)[C@H]3O)c2ncn1Cc1ccccc1. The Bertz CT molecular complexity index is 2590. The van der Waals surface area contributed by atoms with Crippen molar-refractivity contribution < 1.29 is 43.4 Å². The van der Waals surface area contributed by atoms with Gasteiger partial charge in [0.25, 0.3) is 5.56 Å². The molecule has 9 atom stereocenters. The van der Waals surface area contributed by atoms with Crippen LogP contribution in [-0.4, -0.2) is 91.5 Å². The van der Waals surface area contributed by atoms with Gasteiger partial charge in [-0.2, -0.15) is 0 Å². The van der Waals surface area contributed by atoms with E-state index in [9.17, 15) is 15.0 Å². The molecule has 0 spiro atoms. The molecule has 9 rings (SSSR count). The Kier molecular flexibility index (Phi) is 14.6. The molecule has 336 valence electrons. The number of ether oxygens (including phenoxy) is 7. The first kappa shape index (κ1) is 44.3. The number of fused-ring (bicyclic) bond motifs is 1. The summed E-state index contributed by atoms with van der Waals surface area (Å²) in [4.78, 5) is 22.6. The van der Waals surface area contributed by atoms with Gasteiger partial charge in [0, 0.05) is 0 Å². The lowest BCUT2D eigenvalue weighted by atomic mass is 9.97. The molecule has 2 saturated heterocycles. The summed E-state index contributed by atoms with van der Waals surface area (Å²) >= 11 is 0. The van der Waals surface area contributed by atoms with E-state index in [2.05, 4.69) is 9.97 Å². The Labute approximate surface area is 376 Å². The van der Waals surface area contributed by atoms with Gasteiger partial charge >= 0.3 is 0 Å². The zero-order valence-electron chi connectivity index (χ0n) is 35.7. The van der Waals surface area contributed by atoms with Crippen molar-refractivity contribution in [2.75, 3.05) is 13.2 Å². The van der Waals surface area contributed by atoms with Crippen molar-refractivity contribution in [1.82, 2.24) is 19.1 Å². The predicted molar refractivity (Wildman–Crippen MR) is 239 cm³/mol. The number of aliphatic hydroxyl groups is 2. The van der Waals surface area contributed by atoms with Crippen molar-refractivity contribution >= 4 is 11.2 Å². The van der Waals surface area contributed by atoms with Crippen molar-refractivity contribution in [3.8, 4) is 0 Å². The van der Waals surface area contributed by atoms with Gasteiger partial charge in [0.2, 0.25) is 0 Å². The molecule has 0 amide bonds. The van der Waals surface area contributed by atoms with Gasteiger partial charge in [-0.3, -0.25) is 13.9 Å². The van der Waals surface area contributed by atoms with E-state index >= 15 is 0 Å². The molecule has 2 fully saturated rings. The summed E-state index contributed by atoms with van der Waals surface area (Å²) < 4.78 is 49.8. The normalized spacial score (nSPS) is 24.4. The topological polar surface area (TPSA) is 158 Å². The summed E-state index contributed by atoms with van der Waals surface area (Å²) in [6.07, 6.45) is -6.27. The Morgan fingerprint density at radius 1 is 0.554 bits per heavy atom. The van der Waals surface area contributed by atoms with Crippen molar-refractivity contribution in [3.63, 3.8) is 0 Å². The quantitative estimate of drug-likeness (QED) is 0.0982. The van der Waals surface area contributed by atoms with Crippen molar-refractivity contribution in [2.45, 2.75) is 88.2 Å². The summed E-state index contributed by atoms with van der Waals surface area (Å²) in [5.74, 6) is 0. The van der Waals surface area contributed by atoms with Crippen LogP contribution in [0.15, 0.2) is 169 Å². The second-order valence-corrected chi connectivity index (χ2v) is 16.2. The van der Waals surface area contributed by atoms with E-state index in [0.29, 0.717) is 13.2 Å². The van der Waals surface area contributed by atoms with Crippen LogP contribution < -0.4 is 5.56 Å². The second kappa shape index (κ2) is 21.4. The number of hydrogen-bond acceptors (Lipinski definition) is 12. The third-order valence-electron chi connectivity index (χ3n) is 11.6. The molecule has 2 N–H and O–H groups in total. The molecule has 2 aliphatic rings. The standard InChI is InChI=1S/C51H52N4O10/c56-27-40-44(43(57)50(63-40)55-34-52-42-48(55)53-33-54(49(42)58)26-35-16-6-1-7-17-35)65-51-47(62-31-39-24-14-5-15-25-39)46(61-30-38-22-12-4-13-23-38)45(60-29-37-20-10-3-11-21-37)41(64-51)32-59-28-36-18-8-2-9-19-36/h1-25,33-34,40-41,43-47,50-51,56-57H,26-32H2/t40-,41-,43-,44-,45-,46+,47-,50-,51+/m1/s1. The number of hydrogen-bond donors (Lipinski definition) is 2. The van der Waals surface area contributed by atoms with Crippen LogP contribution in [0.3, 0.4) is 0 Å². The van der Waals surface area contributed by atoms with Crippen molar-refractivity contribution in [2.24, 2.45) is 0 Å². The highest BCUT2D eigenvalue weighted by Crippen LogP contribution is 2.37. The summed E-state index contributed by atoms with van der Waals surface area (Å²) in [6, 6.07) is 48.8. The molecule has 14 heteroatoms. The minimum Gasteiger partial charge on any atom is -0.394 e. The third kappa shape index (κ3) is 10.6. The van der Waals surface area contributed by atoms with Crippen molar-refractivity contribution in [1.29, 1.82) is 0 Å². The maximum atomic E-state index is 13.6. The molecule has 0 saturated carbocycles. The highest BCUT2D eigenvalue weighted by molar-refractivity contribution is 5.69. The van der Waals surface area contributed by atoms with E-state index in [1.54, 1.807) is 0 Å². The fourth-order valence-corrected chi connectivity index (χ4v) is 8.30. The highest BCUT2D eigenvalue weighted by Gasteiger charge is 2.53. The maximum Gasteiger partial charge on any atom is 0.281 e. The largest absolute Gasteiger partial charge is 0.394 e. The molecule has 5 aromatic carbocycles. The van der Waals surface area contributed by atoms with E-state index in [-0.39, 0.29) is 43.2 Å². The Hall–Kier alpha value is -5.91. The number of rotatable bonds is 19. The monoisotopic (exact) mass is 880 g/mol. The van der Waals surface area contributed by atoms with Gasteiger partial charge in [0.15, 0.2) is 23.7 Å². The average Bonchev–Trinajstić information content (AvgIpc) is 3.92. The molecule has 0 unspecified atom stereocenters. The number of aromatic nitrogens is 4. The predicted octanol–water partition coefficient (Wildman–Crippen LogP) is 5.98. The zero-order chi connectivity index (χ0) is 44.4. The summed E-state index contributed by atoms with van der Waals surface area (Å²) in [6.45, 7) is 0.845.